The van der Waals surface area contributed by atoms with Gasteiger partial charge in [0.2, 0.25) is 5.91 Å². The van der Waals surface area contributed by atoms with Crippen LogP contribution < -0.4 is 11.1 Å². The summed E-state index contributed by atoms with van der Waals surface area (Å²) in [6.45, 7) is 0.313. The van der Waals surface area contributed by atoms with Crippen molar-refractivity contribution < 1.29 is 23.9 Å². The van der Waals surface area contributed by atoms with Crippen molar-refractivity contribution in [1.82, 2.24) is 4.90 Å². The Labute approximate surface area is 171 Å². The predicted octanol–water partition coefficient (Wildman–Crippen LogP) is 1.42. The van der Waals surface area contributed by atoms with Gasteiger partial charge in [0.1, 0.15) is 5.00 Å². The van der Waals surface area contributed by atoms with E-state index in [-0.39, 0.29) is 24.4 Å². The topological polar surface area (TPSA) is 119 Å². The minimum Gasteiger partial charge on any atom is -0.455 e. The number of nitrogens with one attached hydrogen (secondary N) is 1. The molecule has 1 aliphatic rings. The highest BCUT2D eigenvalue weighted by molar-refractivity contribution is 7.14. The van der Waals surface area contributed by atoms with E-state index in [1.807, 2.05) is 30.3 Å². The Balaban J connectivity index is 1.44. The van der Waals surface area contributed by atoms with Gasteiger partial charge in [-0.05, 0) is 23.4 Å². The number of ether oxygens (including phenoxy) is 1. The number of hydrogen-bond donors (Lipinski definition) is 2. The molecule has 2 aromatic rings. The molecule has 0 aliphatic carbocycles. The number of nitrogens with two attached hydrogens (primary N) is 1. The van der Waals surface area contributed by atoms with Gasteiger partial charge in [-0.1, -0.05) is 30.3 Å². The van der Waals surface area contributed by atoms with Crippen LogP contribution in [0.5, 0.6) is 0 Å². The second-order valence-corrected chi connectivity index (χ2v) is 7.58. The highest BCUT2D eigenvalue weighted by Gasteiger charge is 2.35. The van der Waals surface area contributed by atoms with Crippen LogP contribution >= 0.6 is 11.3 Å². The largest absolute Gasteiger partial charge is 0.455 e. The maximum absolute atomic E-state index is 12.2. The lowest BCUT2D eigenvalue weighted by molar-refractivity contribution is -0.151. The average Bonchev–Trinajstić information content (AvgIpc) is 3.32. The molecule has 2 heterocycles. The molecule has 0 bridgehead atoms. The second-order valence-electron chi connectivity index (χ2n) is 6.66. The summed E-state index contributed by atoms with van der Waals surface area (Å²) >= 11 is 1.15. The Hall–Kier alpha value is -3.20. The Kier molecular flexibility index (Phi) is 6.61. The molecule has 1 fully saturated rings. The molecule has 1 atom stereocenters. The number of benzene rings is 1. The summed E-state index contributed by atoms with van der Waals surface area (Å²) in [7, 11) is 0. The number of carbonyl (C=O) groups is 4. The van der Waals surface area contributed by atoms with E-state index in [0.29, 0.717) is 18.0 Å². The fourth-order valence-electron chi connectivity index (χ4n) is 3.07. The summed E-state index contributed by atoms with van der Waals surface area (Å²) < 4.78 is 5.05. The molecule has 3 rings (SSSR count). The smallest absolute Gasteiger partial charge is 0.311 e. The molecule has 0 spiro atoms. The molecule has 1 aromatic heterocycles. The van der Waals surface area contributed by atoms with E-state index in [2.05, 4.69) is 5.32 Å². The fourth-order valence-corrected chi connectivity index (χ4v) is 3.88. The van der Waals surface area contributed by atoms with Crippen LogP contribution in [0.2, 0.25) is 0 Å². The van der Waals surface area contributed by atoms with E-state index in [0.717, 1.165) is 16.9 Å². The maximum Gasteiger partial charge on any atom is 0.311 e. The first-order valence-electron chi connectivity index (χ1n) is 9.09. The molecule has 3 amide bonds. The Morgan fingerprint density at radius 1 is 1.21 bits per heavy atom. The molecule has 3 N–H and O–H groups in total. The normalized spacial score (nSPS) is 15.9. The van der Waals surface area contributed by atoms with Crippen LogP contribution in [0.15, 0.2) is 41.8 Å². The maximum atomic E-state index is 12.2. The molecule has 9 heteroatoms. The summed E-state index contributed by atoms with van der Waals surface area (Å²) in [5, 5.41) is 4.43. The van der Waals surface area contributed by atoms with Crippen molar-refractivity contribution in [3.63, 3.8) is 0 Å². The Morgan fingerprint density at radius 3 is 2.69 bits per heavy atom. The molecular weight excluding hydrogens is 394 g/mol. The molecule has 1 aromatic carbocycles. The summed E-state index contributed by atoms with van der Waals surface area (Å²) in [5.41, 5.74) is 6.54. The van der Waals surface area contributed by atoms with Gasteiger partial charge in [0, 0.05) is 19.5 Å². The van der Waals surface area contributed by atoms with Crippen LogP contribution in [-0.2, 0) is 25.5 Å². The van der Waals surface area contributed by atoms with E-state index in [1.54, 1.807) is 10.3 Å². The lowest BCUT2D eigenvalue weighted by Gasteiger charge is -2.16. The van der Waals surface area contributed by atoms with Crippen LogP contribution in [0.25, 0.3) is 0 Å². The fraction of sp³-hybridized carbons (Fsp3) is 0.300. The highest BCUT2D eigenvalue weighted by atomic mass is 32.1. The first-order chi connectivity index (χ1) is 13.9. The SMILES string of the molecule is NC(=O)c1ccsc1NC(=O)COC(=O)[C@H]1CC(=O)N(CCc2ccccc2)C1. The molecule has 1 saturated heterocycles. The highest BCUT2D eigenvalue weighted by Crippen LogP contribution is 2.23. The van der Waals surface area contributed by atoms with Gasteiger partial charge in [-0.2, -0.15) is 0 Å². The number of anilines is 1. The number of thiophene rings is 1. The van der Waals surface area contributed by atoms with Crippen molar-refractivity contribution >= 4 is 40.0 Å². The number of rotatable bonds is 8. The van der Waals surface area contributed by atoms with Crippen molar-refractivity contribution in [2.24, 2.45) is 11.7 Å². The zero-order valence-electron chi connectivity index (χ0n) is 15.6. The van der Waals surface area contributed by atoms with Crippen molar-refractivity contribution in [2.75, 3.05) is 25.0 Å². The Bertz CT molecular complexity index is 912. The van der Waals surface area contributed by atoms with Crippen LogP contribution in [0.3, 0.4) is 0 Å². The standard InChI is InChI=1S/C20H21N3O5S/c21-18(26)15-7-9-29-19(15)22-16(24)12-28-20(27)14-10-17(25)23(11-14)8-6-13-4-2-1-3-5-13/h1-5,7,9,14H,6,8,10-12H2,(H2,21,26)(H,22,24)/t14-/m0/s1. The number of carbonyl (C=O) groups excluding carboxylic acids is 4. The molecular formula is C20H21N3O5S. The third kappa shape index (κ3) is 5.41. The van der Waals surface area contributed by atoms with Gasteiger partial charge >= 0.3 is 5.97 Å². The summed E-state index contributed by atoms with van der Waals surface area (Å²) in [6.07, 6.45) is 0.783. The summed E-state index contributed by atoms with van der Waals surface area (Å²) in [6, 6.07) is 11.3. The Morgan fingerprint density at radius 2 is 1.97 bits per heavy atom. The van der Waals surface area contributed by atoms with Crippen molar-refractivity contribution in [3.05, 3.63) is 52.9 Å². The van der Waals surface area contributed by atoms with Gasteiger partial charge in [0.15, 0.2) is 6.61 Å². The number of likely N-dealkylation sites (tertiary alicyclic amines) is 1. The number of nitrogens with zero attached hydrogens (tertiary/aromatic N) is 1. The summed E-state index contributed by atoms with van der Waals surface area (Å²) in [5.74, 6) is -2.50. The van der Waals surface area contributed by atoms with Gasteiger partial charge in [-0.3, -0.25) is 19.2 Å². The van der Waals surface area contributed by atoms with Crippen LogP contribution in [0.4, 0.5) is 5.00 Å². The molecule has 0 radical (unpaired) electrons. The van der Waals surface area contributed by atoms with Crippen molar-refractivity contribution in [1.29, 1.82) is 0 Å². The monoisotopic (exact) mass is 415 g/mol. The minimum absolute atomic E-state index is 0.0754. The van der Waals surface area contributed by atoms with E-state index >= 15 is 0 Å². The molecule has 29 heavy (non-hydrogen) atoms. The third-order valence-corrected chi connectivity index (χ3v) is 5.42. The van der Waals surface area contributed by atoms with E-state index in [1.165, 1.54) is 6.07 Å². The third-order valence-electron chi connectivity index (χ3n) is 4.59. The van der Waals surface area contributed by atoms with Gasteiger partial charge in [0.05, 0.1) is 11.5 Å². The molecule has 0 unspecified atom stereocenters. The van der Waals surface area contributed by atoms with E-state index in [9.17, 15) is 19.2 Å². The molecule has 8 nitrogen and oxygen atoms in total. The zero-order valence-corrected chi connectivity index (χ0v) is 16.4. The summed E-state index contributed by atoms with van der Waals surface area (Å²) in [4.78, 5) is 49.3. The van der Waals surface area contributed by atoms with Gasteiger partial charge < -0.3 is 20.7 Å². The quantitative estimate of drug-likeness (QED) is 0.632. The van der Waals surface area contributed by atoms with Crippen LogP contribution in [0, 0.1) is 5.92 Å². The lowest BCUT2D eigenvalue weighted by atomic mass is 10.1. The van der Waals surface area contributed by atoms with Crippen LogP contribution in [0.1, 0.15) is 22.3 Å². The van der Waals surface area contributed by atoms with E-state index in [4.69, 9.17) is 10.5 Å². The second kappa shape index (κ2) is 9.33. The zero-order chi connectivity index (χ0) is 20.8. The van der Waals surface area contributed by atoms with Crippen molar-refractivity contribution in [2.45, 2.75) is 12.8 Å². The van der Waals surface area contributed by atoms with E-state index < -0.39 is 30.3 Å². The van der Waals surface area contributed by atoms with Gasteiger partial charge in [-0.25, -0.2) is 0 Å². The first kappa shape index (κ1) is 20.5. The number of hydrogen-bond acceptors (Lipinski definition) is 6. The van der Waals surface area contributed by atoms with Crippen molar-refractivity contribution in [3.8, 4) is 0 Å². The average molecular weight is 415 g/mol. The van der Waals surface area contributed by atoms with Gasteiger partial charge in [-0.15, -0.1) is 11.3 Å². The minimum atomic E-state index is -0.654. The number of amides is 3. The lowest BCUT2D eigenvalue weighted by Crippen LogP contribution is -2.29. The van der Waals surface area contributed by atoms with Gasteiger partial charge in [0.25, 0.3) is 11.8 Å². The first-order valence-corrected chi connectivity index (χ1v) is 9.97. The molecule has 0 saturated carbocycles. The van der Waals surface area contributed by atoms with Crippen LogP contribution in [-0.4, -0.2) is 48.3 Å². The molecule has 152 valence electrons. The number of primary amides is 1. The predicted molar refractivity (Wildman–Crippen MR) is 107 cm³/mol. The molecule has 1 aliphatic heterocycles. The number of esters is 1.